The largest absolute Gasteiger partial charge is 0.463 e. The number of halogens is 1. The number of hydrogen-bond donors (Lipinski definition) is 0. The summed E-state index contributed by atoms with van der Waals surface area (Å²) in [6.07, 6.45) is 10.5. The van der Waals surface area contributed by atoms with Gasteiger partial charge < -0.3 is 9.47 Å². The Morgan fingerprint density at radius 3 is 2.23 bits per heavy atom. The highest BCUT2D eigenvalue weighted by Gasteiger charge is 2.24. The molecule has 0 unspecified atom stereocenters. The van der Waals surface area contributed by atoms with Gasteiger partial charge in [-0.15, -0.1) is 0 Å². The van der Waals surface area contributed by atoms with Crippen LogP contribution in [0.25, 0.3) is 11.1 Å². The molecular weight excluding hydrogens is 395 g/mol. The summed E-state index contributed by atoms with van der Waals surface area (Å²) in [5.74, 6) is -0.940. The van der Waals surface area contributed by atoms with Crippen LogP contribution in [0.4, 0.5) is 4.39 Å². The van der Waals surface area contributed by atoms with Crippen molar-refractivity contribution in [2.45, 2.75) is 78.3 Å². The van der Waals surface area contributed by atoms with Crippen LogP contribution in [0.3, 0.4) is 0 Å². The maximum Gasteiger partial charge on any atom is 0.317 e. The Balaban J connectivity index is 1.81. The van der Waals surface area contributed by atoms with Crippen molar-refractivity contribution in [3.8, 4) is 22.9 Å². The predicted octanol–water partition coefficient (Wildman–Crippen LogP) is 6.56. The van der Waals surface area contributed by atoms with E-state index in [9.17, 15) is 9.18 Å². The monoisotopic (exact) mass is 430 g/mol. The van der Waals surface area contributed by atoms with Crippen molar-refractivity contribution >= 4 is 5.97 Å². The zero-order valence-corrected chi connectivity index (χ0v) is 19.0. The fourth-order valence-corrected chi connectivity index (χ4v) is 3.18. The van der Waals surface area contributed by atoms with Gasteiger partial charge in [-0.25, -0.2) is 14.4 Å². The summed E-state index contributed by atoms with van der Waals surface area (Å²) in [7, 11) is 0. The van der Waals surface area contributed by atoms with Gasteiger partial charge in [0.05, 0.1) is 12.5 Å². The van der Waals surface area contributed by atoms with Crippen LogP contribution in [0.5, 0.6) is 11.8 Å². The van der Waals surface area contributed by atoms with Gasteiger partial charge in [0, 0.05) is 18.0 Å². The van der Waals surface area contributed by atoms with Gasteiger partial charge in [0.2, 0.25) is 0 Å². The maximum absolute atomic E-state index is 13.9. The minimum Gasteiger partial charge on any atom is -0.463 e. The second-order valence-electron chi connectivity index (χ2n) is 7.91. The Morgan fingerprint density at radius 1 is 0.935 bits per heavy atom. The number of carbonyl (C=O) groups excluding carboxylic acids is 1. The van der Waals surface area contributed by atoms with Gasteiger partial charge in [-0.3, -0.25) is 4.79 Å². The Bertz CT molecular complexity index is 765. The molecule has 0 aliphatic carbocycles. The number of aromatic nitrogens is 2. The lowest BCUT2D eigenvalue weighted by Gasteiger charge is -2.15. The first-order valence-corrected chi connectivity index (χ1v) is 11.5. The van der Waals surface area contributed by atoms with Crippen molar-refractivity contribution in [2.75, 3.05) is 6.61 Å². The number of hydrogen-bond acceptors (Lipinski definition) is 5. The Kier molecular flexibility index (Phi) is 11.0. The number of esters is 1. The third-order valence-corrected chi connectivity index (χ3v) is 5.24. The molecule has 0 fully saturated rings. The van der Waals surface area contributed by atoms with Gasteiger partial charge in [-0.1, -0.05) is 64.5 Å². The Morgan fingerprint density at radius 2 is 1.58 bits per heavy atom. The predicted molar refractivity (Wildman–Crippen MR) is 121 cm³/mol. The average molecular weight is 431 g/mol. The highest BCUT2D eigenvalue weighted by molar-refractivity contribution is 5.75. The minimum atomic E-state index is -1.18. The number of benzene rings is 1. The first-order chi connectivity index (χ1) is 15.0. The van der Waals surface area contributed by atoms with E-state index in [1.54, 1.807) is 31.5 Å². The number of nitrogens with zero attached hydrogens (tertiary/aromatic N) is 2. The van der Waals surface area contributed by atoms with Crippen LogP contribution < -0.4 is 9.47 Å². The van der Waals surface area contributed by atoms with E-state index >= 15 is 0 Å². The van der Waals surface area contributed by atoms with Crippen LogP contribution in [-0.2, 0) is 4.79 Å². The van der Waals surface area contributed by atoms with Crippen molar-refractivity contribution in [1.29, 1.82) is 0 Å². The summed E-state index contributed by atoms with van der Waals surface area (Å²) >= 11 is 0. The second-order valence-corrected chi connectivity index (χ2v) is 7.91. The molecule has 0 aliphatic rings. The Hall–Kier alpha value is -2.50. The van der Waals surface area contributed by atoms with Gasteiger partial charge in [0.1, 0.15) is 11.9 Å². The van der Waals surface area contributed by atoms with Crippen molar-refractivity contribution in [3.63, 3.8) is 0 Å². The lowest BCUT2D eigenvalue weighted by molar-refractivity contribution is -0.140. The molecule has 1 heterocycles. The van der Waals surface area contributed by atoms with Crippen LogP contribution in [0.1, 0.15) is 72.1 Å². The standard InChI is InChI=1S/C25H35FN2O3/c1-4-6-7-8-9-10-16-30-25-27-17-21(18-28-25)20-12-14-22(15-13-20)31-24(29)19(3)23(26)11-5-2/h12-15,17-19,23H,4-11,16H2,1-3H3/t19-,23-/m1/s1. The normalized spacial score (nSPS) is 12.9. The third-order valence-electron chi connectivity index (χ3n) is 5.24. The molecule has 1 aromatic carbocycles. The van der Waals surface area contributed by atoms with Crippen LogP contribution in [0.15, 0.2) is 36.7 Å². The highest BCUT2D eigenvalue weighted by Crippen LogP contribution is 2.23. The van der Waals surface area contributed by atoms with E-state index in [0.29, 0.717) is 31.2 Å². The van der Waals surface area contributed by atoms with Gasteiger partial charge in [-0.2, -0.15) is 0 Å². The van der Waals surface area contributed by atoms with Crippen LogP contribution in [0, 0.1) is 5.92 Å². The fraction of sp³-hybridized carbons (Fsp3) is 0.560. The van der Waals surface area contributed by atoms with Gasteiger partial charge in [-0.05, 0) is 37.5 Å². The van der Waals surface area contributed by atoms with E-state index in [1.165, 1.54) is 32.1 Å². The Labute approximate surface area is 185 Å². The molecular formula is C25H35FN2O3. The lowest BCUT2D eigenvalue weighted by Crippen LogP contribution is -2.26. The molecule has 0 amide bonds. The van der Waals surface area contributed by atoms with E-state index < -0.39 is 18.1 Å². The molecule has 0 N–H and O–H groups in total. The molecule has 0 radical (unpaired) electrons. The molecule has 2 aromatic rings. The molecule has 31 heavy (non-hydrogen) atoms. The molecule has 1 aromatic heterocycles. The SMILES string of the molecule is CCCCCCCCOc1ncc(-c2ccc(OC(=O)[C@H](C)[C@H](F)CCC)cc2)cn1. The zero-order chi connectivity index (χ0) is 22.5. The van der Waals surface area contributed by atoms with Crippen LogP contribution >= 0.6 is 0 Å². The quantitative estimate of drug-likeness (QED) is 0.193. The molecule has 0 saturated heterocycles. The van der Waals surface area contributed by atoms with Crippen molar-refractivity contribution in [2.24, 2.45) is 5.92 Å². The smallest absolute Gasteiger partial charge is 0.317 e. The molecule has 0 bridgehead atoms. The molecule has 2 atom stereocenters. The summed E-state index contributed by atoms with van der Waals surface area (Å²) in [5, 5.41) is 0. The van der Waals surface area contributed by atoms with E-state index in [0.717, 1.165) is 17.5 Å². The highest BCUT2D eigenvalue weighted by atomic mass is 19.1. The summed E-state index contributed by atoms with van der Waals surface area (Å²) in [4.78, 5) is 20.6. The summed E-state index contributed by atoms with van der Waals surface area (Å²) in [6, 6.07) is 7.40. The lowest BCUT2D eigenvalue weighted by atomic mass is 10.0. The van der Waals surface area contributed by atoms with Crippen LogP contribution in [0.2, 0.25) is 0 Å². The summed E-state index contributed by atoms with van der Waals surface area (Å²) in [5.41, 5.74) is 1.73. The number of alkyl halides is 1. The molecule has 6 heteroatoms. The van der Waals surface area contributed by atoms with Crippen molar-refractivity contribution in [3.05, 3.63) is 36.7 Å². The van der Waals surface area contributed by atoms with Gasteiger partial charge in [0.15, 0.2) is 0 Å². The van der Waals surface area contributed by atoms with Crippen LogP contribution in [-0.4, -0.2) is 28.7 Å². The number of unbranched alkanes of at least 4 members (excludes halogenated alkanes) is 5. The summed E-state index contributed by atoms with van der Waals surface area (Å²) < 4.78 is 24.8. The topological polar surface area (TPSA) is 61.3 Å². The number of ether oxygens (including phenoxy) is 2. The zero-order valence-electron chi connectivity index (χ0n) is 19.0. The first-order valence-electron chi connectivity index (χ1n) is 11.5. The molecule has 0 saturated carbocycles. The molecule has 170 valence electrons. The molecule has 5 nitrogen and oxygen atoms in total. The van der Waals surface area contributed by atoms with Crippen molar-refractivity contribution < 1.29 is 18.7 Å². The third kappa shape index (κ3) is 8.64. The number of carbonyl (C=O) groups is 1. The van der Waals surface area contributed by atoms with E-state index in [1.807, 2.05) is 19.1 Å². The van der Waals surface area contributed by atoms with Gasteiger partial charge in [0.25, 0.3) is 0 Å². The maximum atomic E-state index is 13.9. The molecule has 0 aliphatic heterocycles. The molecule has 0 spiro atoms. The number of rotatable bonds is 14. The van der Waals surface area contributed by atoms with E-state index in [2.05, 4.69) is 16.9 Å². The van der Waals surface area contributed by atoms with Gasteiger partial charge >= 0.3 is 12.0 Å². The average Bonchev–Trinajstić information content (AvgIpc) is 2.79. The molecule has 2 rings (SSSR count). The second kappa shape index (κ2) is 13.7. The fourth-order valence-electron chi connectivity index (χ4n) is 3.18. The minimum absolute atomic E-state index is 0.355. The van der Waals surface area contributed by atoms with E-state index in [-0.39, 0.29) is 0 Å². The first kappa shape index (κ1) is 24.8. The summed E-state index contributed by atoms with van der Waals surface area (Å²) in [6.45, 7) is 6.29. The van der Waals surface area contributed by atoms with Crippen molar-refractivity contribution in [1.82, 2.24) is 9.97 Å². The van der Waals surface area contributed by atoms with E-state index in [4.69, 9.17) is 9.47 Å².